The van der Waals surface area contributed by atoms with E-state index in [-0.39, 0.29) is 5.78 Å². The predicted molar refractivity (Wildman–Crippen MR) is 86.4 cm³/mol. The van der Waals surface area contributed by atoms with Crippen molar-refractivity contribution < 1.29 is 9.53 Å². The summed E-state index contributed by atoms with van der Waals surface area (Å²) in [7, 11) is -1.27. The van der Waals surface area contributed by atoms with E-state index >= 15 is 0 Å². The third kappa shape index (κ3) is 13.8. The maximum absolute atomic E-state index is 11.7. The second-order valence-corrected chi connectivity index (χ2v) is 12.6. The van der Waals surface area contributed by atoms with Crippen molar-refractivity contribution in [2.75, 3.05) is 13.2 Å². The maximum Gasteiger partial charge on any atom is 0.155 e. The highest BCUT2D eigenvalue weighted by Gasteiger charge is 2.17. The number of rotatable bonds is 10. The van der Waals surface area contributed by atoms with Crippen molar-refractivity contribution in [2.24, 2.45) is 5.92 Å². The number of ether oxygens (including phenoxy) is 1. The molecule has 1 unspecified atom stereocenters. The second-order valence-electron chi connectivity index (χ2n) is 7.08. The smallest absolute Gasteiger partial charge is 0.155 e. The number of hydrogen-bond acceptors (Lipinski definition) is 2. The summed E-state index contributed by atoms with van der Waals surface area (Å²) in [6.07, 6.45) is 5.70. The summed E-state index contributed by atoms with van der Waals surface area (Å²) in [5.41, 5.74) is 1.39. The number of carbonyl (C=O) groups is 1. The van der Waals surface area contributed by atoms with Crippen LogP contribution in [0, 0.1) is 5.92 Å². The number of hydrogen-bond donors (Lipinski definition) is 0. The minimum absolute atomic E-state index is 0.274. The molecule has 0 heterocycles. The fourth-order valence-corrected chi connectivity index (χ4v) is 3.20. The average molecular weight is 285 g/mol. The van der Waals surface area contributed by atoms with Gasteiger partial charge in [-0.15, -0.1) is 0 Å². The molecule has 0 aliphatic carbocycles. The van der Waals surface area contributed by atoms with E-state index in [0.29, 0.717) is 19.1 Å². The largest absolute Gasteiger partial charge is 0.374 e. The Labute approximate surface area is 120 Å². The van der Waals surface area contributed by atoms with Crippen molar-refractivity contribution in [1.29, 1.82) is 0 Å². The molecule has 0 aliphatic rings. The zero-order chi connectivity index (χ0) is 14.9. The van der Waals surface area contributed by atoms with Crippen LogP contribution in [0.1, 0.15) is 40.0 Å². The van der Waals surface area contributed by atoms with Crippen LogP contribution < -0.4 is 0 Å². The first-order valence-corrected chi connectivity index (χ1v) is 11.1. The normalized spacial score (nSPS) is 13.2. The van der Waals surface area contributed by atoms with Gasteiger partial charge in [-0.2, -0.15) is 0 Å². The van der Waals surface area contributed by atoms with Gasteiger partial charge >= 0.3 is 0 Å². The van der Waals surface area contributed by atoms with Crippen molar-refractivity contribution in [3.05, 3.63) is 11.6 Å². The SMILES string of the molecule is CC(C)=CCCC(C)CCOCC(=O)C[Si](C)(C)C. The van der Waals surface area contributed by atoms with E-state index in [4.69, 9.17) is 4.74 Å². The van der Waals surface area contributed by atoms with Crippen LogP contribution in [-0.2, 0) is 9.53 Å². The van der Waals surface area contributed by atoms with Gasteiger partial charge in [0, 0.05) is 12.7 Å². The highest BCUT2D eigenvalue weighted by Crippen LogP contribution is 2.12. The quantitative estimate of drug-likeness (QED) is 0.331. The fraction of sp³-hybridized carbons (Fsp3) is 0.812. The maximum atomic E-state index is 11.7. The van der Waals surface area contributed by atoms with Gasteiger partial charge in [0.05, 0.1) is 8.07 Å². The lowest BCUT2D eigenvalue weighted by molar-refractivity contribution is -0.121. The first-order chi connectivity index (χ1) is 8.70. The van der Waals surface area contributed by atoms with Gasteiger partial charge in [-0.05, 0) is 39.0 Å². The molecule has 0 spiro atoms. The summed E-state index contributed by atoms with van der Waals surface area (Å²) < 4.78 is 5.50. The van der Waals surface area contributed by atoms with Crippen molar-refractivity contribution in [3.63, 3.8) is 0 Å². The number of carbonyl (C=O) groups excluding carboxylic acids is 1. The van der Waals surface area contributed by atoms with Crippen molar-refractivity contribution >= 4 is 13.9 Å². The summed E-state index contributed by atoms with van der Waals surface area (Å²) >= 11 is 0. The zero-order valence-corrected chi connectivity index (χ0v) is 14.7. The molecule has 0 aromatic carbocycles. The van der Waals surface area contributed by atoms with E-state index in [0.717, 1.165) is 18.9 Å². The summed E-state index contributed by atoms with van der Waals surface area (Å²) in [4.78, 5) is 11.7. The molecule has 0 amide bonds. The molecule has 19 heavy (non-hydrogen) atoms. The van der Waals surface area contributed by atoms with E-state index in [1.807, 2.05) is 0 Å². The Morgan fingerprint density at radius 2 is 1.84 bits per heavy atom. The lowest BCUT2D eigenvalue weighted by Crippen LogP contribution is -2.26. The Kier molecular flexibility index (Phi) is 9.28. The van der Waals surface area contributed by atoms with Gasteiger partial charge in [-0.1, -0.05) is 38.2 Å². The van der Waals surface area contributed by atoms with Crippen molar-refractivity contribution in [1.82, 2.24) is 0 Å². The van der Waals surface area contributed by atoms with E-state index in [1.54, 1.807) is 0 Å². The van der Waals surface area contributed by atoms with Gasteiger partial charge in [0.15, 0.2) is 5.78 Å². The molecule has 0 saturated heterocycles. The molecule has 0 N–H and O–H groups in total. The third-order valence-electron chi connectivity index (χ3n) is 2.96. The molecular weight excluding hydrogens is 252 g/mol. The van der Waals surface area contributed by atoms with Crippen LogP contribution in [-0.4, -0.2) is 27.1 Å². The Hall–Kier alpha value is -0.413. The van der Waals surface area contributed by atoms with E-state index in [1.165, 1.54) is 12.0 Å². The number of Topliss-reactive ketones (excluding diaryl/α,β-unsaturated/α-hetero) is 1. The van der Waals surface area contributed by atoms with Gasteiger partial charge in [0.1, 0.15) is 6.61 Å². The molecule has 0 aromatic heterocycles. The molecule has 1 atom stereocenters. The summed E-state index contributed by atoms with van der Waals surface area (Å²) in [6, 6.07) is 0.739. The van der Waals surface area contributed by atoms with Crippen LogP contribution >= 0.6 is 0 Å². The Balaban J connectivity index is 3.58. The van der Waals surface area contributed by atoms with Crippen molar-refractivity contribution in [3.8, 4) is 0 Å². The molecule has 0 rings (SSSR count). The highest BCUT2D eigenvalue weighted by atomic mass is 28.3. The van der Waals surface area contributed by atoms with Gasteiger partial charge in [0.2, 0.25) is 0 Å². The highest BCUT2D eigenvalue weighted by molar-refractivity contribution is 6.78. The van der Waals surface area contributed by atoms with Crippen LogP contribution in [0.2, 0.25) is 25.7 Å². The van der Waals surface area contributed by atoms with Gasteiger partial charge in [0.25, 0.3) is 0 Å². The fourth-order valence-electron chi connectivity index (χ4n) is 1.91. The first-order valence-electron chi connectivity index (χ1n) is 7.43. The monoisotopic (exact) mass is 284 g/mol. The molecular formula is C16H32O2Si. The lowest BCUT2D eigenvalue weighted by atomic mass is 10.0. The minimum atomic E-state index is -1.27. The number of ketones is 1. The molecule has 3 heteroatoms. The third-order valence-corrected chi connectivity index (χ3v) is 4.41. The molecule has 0 aliphatic heterocycles. The van der Waals surface area contributed by atoms with Gasteiger partial charge in [-0.25, -0.2) is 0 Å². The topological polar surface area (TPSA) is 26.3 Å². The molecule has 0 bridgehead atoms. The lowest BCUT2D eigenvalue weighted by Gasteiger charge is -2.15. The summed E-state index contributed by atoms with van der Waals surface area (Å²) in [5, 5.41) is 0. The van der Waals surface area contributed by atoms with Crippen LogP contribution in [0.3, 0.4) is 0 Å². The van der Waals surface area contributed by atoms with Gasteiger partial charge < -0.3 is 4.74 Å². The summed E-state index contributed by atoms with van der Waals surface area (Å²) in [5.74, 6) is 0.944. The molecule has 112 valence electrons. The zero-order valence-electron chi connectivity index (χ0n) is 13.7. The molecule has 0 saturated carbocycles. The van der Waals surface area contributed by atoms with Crippen molar-refractivity contribution in [2.45, 2.75) is 65.7 Å². The Bertz CT molecular complexity index is 286. The standard InChI is InChI=1S/C16H32O2Si/c1-14(2)8-7-9-15(3)10-11-18-12-16(17)13-19(4,5)6/h8,15H,7,9-13H2,1-6H3. The predicted octanol–water partition coefficient (Wildman–Crippen LogP) is 4.68. The Morgan fingerprint density at radius 3 is 2.37 bits per heavy atom. The second kappa shape index (κ2) is 9.48. The first kappa shape index (κ1) is 18.6. The van der Waals surface area contributed by atoms with E-state index in [2.05, 4.69) is 46.5 Å². The minimum Gasteiger partial charge on any atom is -0.374 e. The number of allylic oxidation sites excluding steroid dienone is 2. The van der Waals surface area contributed by atoms with Crippen LogP contribution in [0.5, 0.6) is 0 Å². The Morgan fingerprint density at radius 1 is 1.21 bits per heavy atom. The van der Waals surface area contributed by atoms with Gasteiger partial charge in [-0.3, -0.25) is 4.79 Å². The molecule has 2 nitrogen and oxygen atoms in total. The molecule has 0 aromatic rings. The molecule has 0 fully saturated rings. The van der Waals surface area contributed by atoms with E-state index < -0.39 is 8.07 Å². The average Bonchev–Trinajstić information content (AvgIpc) is 2.21. The van der Waals surface area contributed by atoms with Crippen LogP contribution in [0.4, 0.5) is 0 Å². The van der Waals surface area contributed by atoms with Crippen LogP contribution in [0.15, 0.2) is 11.6 Å². The summed E-state index contributed by atoms with van der Waals surface area (Å²) in [6.45, 7) is 14.2. The van der Waals surface area contributed by atoms with Crippen LogP contribution in [0.25, 0.3) is 0 Å². The molecule has 0 radical (unpaired) electrons. The van der Waals surface area contributed by atoms with E-state index in [9.17, 15) is 4.79 Å².